The lowest BCUT2D eigenvalue weighted by Gasteiger charge is -2.29. The maximum atomic E-state index is 6.92. The van der Waals surface area contributed by atoms with Gasteiger partial charge in [-0.25, -0.2) is 10.4 Å². The van der Waals surface area contributed by atoms with E-state index in [0.29, 0.717) is 11.9 Å². The fourth-order valence-electron chi connectivity index (χ4n) is 5.09. The Balaban J connectivity index is 1.40. The molecule has 166 valence electrons. The van der Waals surface area contributed by atoms with Crippen molar-refractivity contribution in [1.82, 2.24) is 20.7 Å². The van der Waals surface area contributed by atoms with Crippen LogP contribution in [0.2, 0.25) is 0 Å². The molecule has 2 aromatic carbocycles. The fraction of sp³-hybridized carbons (Fsp3) is 0.360. The van der Waals surface area contributed by atoms with Crippen LogP contribution in [0.1, 0.15) is 46.6 Å². The van der Waals surface area contributed by atoms with Gasteiger partial charge in [-0.2, -0.15) is 4.98 Å². The van der Waals surface area contributed by atoms with Gasteiger partial charge in [0.2, 0.25) is 5.95 Å². The van der Waals surface area contributed by atoms with Crippen LogP contribution in [0.3, 0.4) is 0 Å². The molecule has 1 unspecified atom stereocenters. The van der Waals surface area contributed by atoms with Crippen LogP contribution in [0, 0.1) is 13.8 Å². The first-order chi connectivity index (χ1) is 15.5. The monoisotopic (exact) mass is 429 g/mol. The molecule has 32 heavy (non-hydrogen) atoms. The highest BCUT2D eigenvalue weighted by atomic mass is 15.6. The average Bonchev–Trinajstić information content (AvgIpc) is 3.05. The van der Waals surface area contributed by atoms with Gasteiger partial charge in [-0.15, -0.1) is 0 Å². The Bertz CT molecular complexity index is 1100. The Morgan fingerprint density at radius 3 is 2.44 bits per heavy atom. The molecule has 1 fully saturated rings. The van der Waals surface area contributed by atoms with Crippen LogP contribution in [-0.2, 0) is 5.66 Å². The van der Waals surface area contributed by atoms with Crippen molar-refractivity contribution in [3.63, 3.8) is 0 Å². The second-order valence-electron chi connectivity index (χ2n) is 8.95. The number of benzene rings is 2. The van der Waals surface area contributed by atoms with Crippen LogP contribution in [0.5, 0.6) is 0 Å². The molecule has 1 saturated heterocycles. The molecule has 7 heteroatoms. The standard InChI is InChI=1S/C25H31N7/c1-16-5-4-6-17(2)22(16)25(26)21-15-28-24(30-23(21)32(3)31-25)29-20-9-7-18(8-10-20)19-11-13-27-14-12-19/h4-10,15,19,27,31H,11-14,26H2,1-3H3,(H,28,29,30). The molecule has 1 aromatic heterocycles. The zero-order valence-electron chi connectivity index (χ0n) is 18.9. The Labute approximate surface area is 189 Å². The number of hydrazine groups is 1. The van der Waals surface area contributed by atoms with E-state index in [1.807, 2.05) is 18.3 Å². The quantitative estimate of drug-likeness (QED) is 0.505. The number of nitrogens with zero attached hydrogens (tertiary/aromatic N) is 3. The average molecular weight is 430 g/mol. The van der Waals surface area contributed by atoms with Crippen LogP contribution in [0.4, 0.5) is 17.5 Å². The van der Waals surface area contributed by atoms with Gasteiger partial charge in [0.05, 0.1) is 5.56 Å². The third kappa shape index (κ3) is 3.62. The topological polar surface area (TPSA) is 91.1 Å². The van der Waals surface area contributed by atoms with E-state index in [4.69, 9.17) is 10.7 Å². The maximum absolute atomic E-state index is 6.92. The summed E-state index contributed by atoms with van der Waals surface area (Å²) in [5.41, 5.74) is 16.0. The lowest BCUT2D eigenvalue weighted by Crippen LogP contribution is -2.52. The normalized spacial score (nSPS) is 20.9. The highest BCUT2D eigenvalue weighted by molar-refractivity contribution is 5.63. The van der Waals surface area contributed by atoms with Gasteiger partial charge in [0.1, 0.15) is 5.66 Å². The number of hydrogen-bond donors (Lipinski definition) is 4. The number of anilines is 3. The van der Waals surface area contributed by atoms with Crippen molar-refractivity contribution in [3.05, 3.63) is 76.5 Å². The van der Waals surface area contributed by atoms with Crippen molar-refractivity contribution in [1.29, 1.82) is 0 Å². The maximum Gasteiger partial charge on any atom is 0.229 e. The van der Waals surface area contributed by atoms with Gasteiger partial charge in [0, 0.05) is 18.9 Å². The number of nitrogens with two attached hydrogens (primary N) is 1. The first-order valence-corrected chi connectivity index (χ1v) is 11.3. The zero-order valence-corrected chi connectivity index (χ0v) is 18.9. The van der Waals surface area contributed by atoms with Gasteiger partial charge in [-0.3, -0.25) is 5.01 Å². The second-order valence-corrected chi connectivity index (χ2v) is 8.95. The summed E-state index contributed by atoms with van der Waals surface area (Å²) in [5, 5.41) is 8.66. The number of nitrogens with one attached hydrogen (secondary N) is 3. The highest BCUT2D eigenvalue weighted by Crippen LogP contribution is 2.39. The molecule has 2 aliphatic heterocycles. The van der Waals surface area contributed by atoms with Crippen LogP contribution in [0.15, 0.2) is 48.7 Å². The van der Waals surface area contributed by atoms with Crippen molar-refractivity contribution < 1.29 is 0 Å². The van der Waals surface area contributed by atoms with E-state index in [9.17, 15) is 0 Å². The minimum Gasteiger partial charge on any atom is -0.324 e. The Hall–Kier alpha value is -3.00. The number of hydrogen-bond acceptors (Lipinski definition) is 7. The van der Waals surface area contributed by atoms with E-state index < -0.39 is 5.66 Å². The third-order valence-corrected chi connectivity index (χ3v) is 6.71. The van der Waals surface area contributed by atoms with Crippen LogP contribution in [0.25, 0.3) is 0 Å². The van der Waals surface area contributed by atoms with Gasteiger partial charge in [-0.1, -0.05) is 30.3 Å². The molecule has 5 rings (SSSR count). The second kappa shape index (κ2) is 8.16. The minimum atomic E-state index is -0.867. The van der Waals surface area contributed by atoms with E-state index in [2.05, 4.69) is 77.4 Å². The first-order valence-electron chi connectivity index (χ1n) is 11.3. The smallest absolute Gasteiger partial charge is 0.229 e. The Morgan fingerprint density at radius 2 is 1.75 bits per heavy atom. The van der Waals surface area contributed by atoms with Crippen molar-refractivity contribution >= 4 is 17.5 Å². The molecule has 2 aliphatic rings. The molecule has 3 aromatic rings. The lowest BCUT2D eigenvalue weighted by atomic mass is 9.88. The summed E-state index contributed by atoms with van der Waals surface area (Å²) >= 11 is 0. The predicted molar refractivity (Wildman–Crippen MR) is 129 cm³/mol. The molecule has 0 radical (unpaired) electrons. The largest absolute Gasteiger partial charge is 0.324 e. The summed E-state index contributed by atoms with van der Waals surface area (Å²) in [7, 11) is 1.94. The van der Waals surface area contributed by atoms with Crippen LogP contribution >= 0.6 is 0 Å². The molecule has 0 aliphatic carbocycles. The number of piperidine rings is 1. The van der Waals surface area contributed by atoms with Crippen molar-refractivity contribution in [3.8, 4) is 0 Å². The molecule has 3 heterocycles. The number of aryl methyl sites for hydroxylation is 2. The van der Waals surface area contributed by atoms with Gasteiger partial charge in [0.15, 0.2) is 5.82 Å². The van der Waals surface area contributed by atoms with E-state index >= 15 is 0 Å². The van der Waals surface area contributed by atoms with Crippen LogP contribution in [-0.4, -0.2) is 30.1 Å². The molecule has 0 saturated carbocycles. The van der Waals surface area contributed by atoms with Crippen molar-refractivity contribution in [2.75, 3.05) is 30.5 Å². The summed E-state index contributed by atoms with van der Waals surface area (Å²) < 4.78 is 0. The highest BCUT2D eigenvalue weighted by Gasteiger charge is 2.43. The molecule has 7 nitrogen and oxygen atoms in total. The molecule has 0 amide bonds. The van der Waals surface area contributed by atoms with Crippen molar-refractivity contribution in [2.24, 2.45) is 5.73 Å². The molecule has 0 bridgehead atoms. The Morgan fingerprint density at radius 1 is 1.06 bits per heavy atom. The SMILES string of the molecule is Cc1cccc(C)c1C1(N)NN(C)c2nc(Nc3ccc(C4CCNCC4)cc3)ncc21. The molecule has 1 atom stereocenters. The van der Waals surface area contributed by atoms with E-state index in [-0.39, 0.29) is 0 Å². The zero-order chi connectivity index (χ0) is 22.3. The summed E-state index contributed by atoms with van der Waals surface area (Å²) in [6.45, 7) is 6.36. The number of fused-ring (bicyclic) bond motifs is 1. The van der Waals surface area contributed by atoms with Gasteiger partial charge >= 0.3 is 0 Å². The molecule has 0 spiro atoms. The minimum absolute atomic E-state index is 0.553. The van der Waals surface area contributed by atoms with Gasteiger partial charge in [-0.05, 0) is 80.1 Å². The van der Waals surface area contributed by atoms with Gasteiger partial charge < -0.3 is 16.4 Å². The summed E-state index contributed by atoms with van der Waals surface area (Å²) in [5.74, 6) is 1.97. The molecular weight excluding hydrogens is 398 g/mol. The lowest BCUT2D eigenvalue weighted by molar-refractivity contribution is 0.442. The van der Waals surface area contributed by atoms with Crippen molar-refractivity contribution in [2.45, 2.75) is 38.3 Å². The number of rotatable bonds is 4. The number of aromatic nitrogens is 2. The van der Waals surface area contributed by atoms with E-state index in [0.717, 1.165) is 46.8 Å². The molecule has 5 N–H and O–H groups in total. The van der Waals surface area contributed by atoms with Crippen LogP contribution < -0.4 is 26.8 Å². The van der Waals surface area contributed by atoms with Gasteiger partial charge in [0.25, 0.3) is 0 Å². The third-order valence-electron chi connectivity index (χ3n) is 6.71. The predicted octanol–water partition coefficient (Wildman–Crippen LogP) is 3.42. The van der Waals surface area contributed by atoms with E-state index in [1.165, 1.54) is 18.4 Å². The summed E-state index contributed by atoms with van der Waals surface area (Å²) in [6.07, 6.45) is 4.22. The first kappa shape index (κ1) is 20.9. The Kier molecular flexibility index (Phi) is 5.33. The van der Waals surface area contributed by atoms with E-state index in [1.54, 1.807) is 0 Å². The summed E-state index contributed by atoms with van der Waals surface area (Å²) in [4.78, 5) is 9.37. The molecular formula is C25H31N7. The fourth-order valence-corrected chi connectivity index (χ4v) is 5.09. The summed E-state index contributed by atoms with van der Waals surface area (Å²) in [6, 6.07) is 14.9.